The fraction of sp³-hybridized carbons (Fsp3) is 0.667. The Balaban J connectivity index is 2.98. The fourth-order valence-electron chi connectivity index (χ4n) is 0.191. The second-order valence-corrected chi connectivity index (χ2v) is 1.65. The third-order valence-corrected chi connectivity index (χ3v) is 1.24. The van der Waals surface area contributed by atoms with Gasteiger partial charge in [-0.25, -0.2) is 0 Å². The summed E-state index contributed by atoms with van der Waals surface area (Å²) in [7, 11) is 0.603. The largest absolute Gasteiger partial charge is 0.413 e. The molecule has 2 N–H and O–H groups in total. The molecule has 3 nitrogen and oxygen atoms in total. The van der Waals surface area contributed by atoms with Crippen molar-refractivity contribution in [1.82, 2.24) is 0 Å². The van der Waals surface area contributed by atoms with Crippen molar-refractivity contribution in [1.29, 1.82) is 0 Å². The zero-order valence-corrected chi connectivity index (χ0v) is 6.26. The molecule has 0 bridgehead atoms. The Bertz CT molecular complexity index is 58.9. The van der Waals surface area contributed by atoms with Gasteiger partial charge in [0.15, 0.2) is 0 Å². The first-order valence-electron chi connectivity index (χ1n) is 2.03. The number of aldehydes is 1. The maximum absolute atomic E-state index is 9.63. The van der Waals surface area contributed by atoms with Crippen LogP contribution in [0.15, 0.2) is 0 Å². The van der Waals surface area contributed by atoms with E-state index >= 15 is 0 Å². The van der Waals surface area contributed by atoms with Crippen molar-refractivity contribution >= 4 is 16.8 Å². The van der Waals surface area contributed by atoms with Crippen molar-refractivity contribution in [3.05, 3.63) is 0 Å². The maximum atomic E-state index is 9.63. The highest BCUT2D eigenvalue weighted by Gasteiger charge is 1.92. The molecule has 0 aromatic carbocycles. The molecule has 0 amide bonds. The van der Waals surface area contributed by atoms with Crippen LogP contribution in [0.5, 0.6) is 0 Å². The molecule has 0 fully saturated rings. The minimum atomic E-state index is -0.357. The van der Waals surface area contributed by atoms with E-state index < -0.39 is 0 Å². The summed E-state index contributed by atoms with van der Waals surface area (Å²) in [6.07, 6.45) is 0.704. The van der Waals surface area contributed by atoms with Gasteiger partial charge in [0.05, 0.1) is 6.23 Å². The number of rotatable bonds is 3. The van der Waals surface area contributed by atoms with E-state index in [0.717, 1.165) is 6.29 Å². The quantitative estimate of drug-likeness (QED) is 0.270. The summed E-state index contributed by atoms with van der Waals surface area (Å²) in [5.74, 6) is 0. The van der Waals surface area contributed by atoms with Crippen LogP contribution in [-0.4, -0.2) is 23.0 Å². The smallest absolute Gasteiger partial charge is 0.148 e. The molecule has 0 spiro atoms. The lowest BCUT2D eigenvalue weighted by Gasteiger charge is -2.02. The van der Waals surface area contributed by atoms with Gasteiger partial charge in [-0.1, -0.05) is 0 Å². The van der Waals surface area contributed by atoms with Crippen LogP contribution in [0.4, 0.5) is 0 Å². The van der Waals surface area contributed by atoms with Gasteiger partial charge in [0, 0.05) is 6.42 Å². The molecular weight excluding hydrogens is 110 g/mol. The van der Waals surface area contributed by atoms with Crippen LogP contribution < -0.4 is 5.73 Å². The van der Waals surface area contributed by atoms with E-state index in [0.29, 0.717) is 16.9 Å². The Hall–Kier alpha value is -0.193. The Morgan fingerprint density at radius 2 is 2.57 bits per heavy atom. The summed E-state index contributed by atoms with van der Waals surface area (Å²) >= 11 is 0. The molecule has 1 unspecified atom stereocenters. The van der Waals surface area contributed by atoms with Gasteiger partial charge in [0.1, 0.15) is 16.8 Å². The van der Waals surface area contributed by atoms with Gasteiger partial charge in [-0.3, -0.25) is 0 Å². The highest BCUT2D eigenvalue weighted by atomic mass is 28.2. The first-order chi connectivity index (χ1) is 3.31. The zero-order valence-electron chi connectivity index (χ0n) is 4.26. The topological polar surface area (TPSA) is 52.3 Å². The number of hydrogen-bond donors (Lipinski definition) is 1. The van der Waals surface area contributed by atoms with Crippen LogP contribution in [0.1, 0.15) is 6.42 Å². The molecule has 0 radical (unpaired) electrons. The van der Waals surface area contributed by atoms with Crippen LogP contribution in [0.3, 0.4) is 0 Å². The van der Waals surface area contributed by atoms with E-state index in [1.165, 1.54) is 0 Å². The highest BCUT2D eigenvalue weighted by molar-refractivity contribution is 5.98. The van der Waals surface area contributed by atoms with Crippen LogP contribution in [-0.2, 0) is 9.22 Å². The van der Waals surface area contributed by atoms with Crippen LogP contribution >= 0.6 is 0 Å². The lowest BCUT2D eigenvalue weighted by Crippen LogP contribution is -2.22. The average molecular weight is 119 g/mol. The van der Waals surface area contributed by atoms with Crippen molar-refractivity contribution < 1.29 is 9.22 Å². The predicted molar refractivity (Wildman–Crippen MR) is 29.7 cm³/mol. The first kappa shape index (κ1) is 6.81. The molecule has 0 aliphatic carbocycles. The molecule has 4 heteroatoms. The van der Waals surface area contributed by atoms with E-state index in [2.05, 4.69) is 4.43 Å². The number of carbonyl (C=O) groups excluding carboxylic acids is 1. The van der Waals surface area contributed by atoms with Crippen molar-refractivity contribution in [3.8, 4) is 0 Å². The SMILES string of the molecule is NC(CC=O)O[SiH3]. The van der Waals surface area contributed by atoms with Crippen LogP contribution in [0, 0.1) is 0 Å². The van der Waals surface area contributed by atoms with E-state index in [4.69, 9.17) is 5.73 Å². The second-order valence-electron chi connectivity index (χ2n) is 1.18. The Morgan fingerprint density at radius 1 is 2.00 bits per heavy atom. The summed E-state index contributed by atoms with van der Waals surface area (Å²) in [6.45, 7) is 0. The molecule has 0 rings (SSSR count). The summed E-state index contributed by atoms with van der Waals surface area (Å²) in [5.41, 5.74) is 5.16. The molecule has 0 saturated heterocycles. The average Bonchev–Trinajstić information content (AvgIpc) is 1.68. The van der Waals surface area contributed by atoms with E-state index in [1.54, 1.807) is 0 Å². The van der Waals surface area contributed by atoms with E-state index in [1.807, 2.05) is 0 Å². The monoisotopic (exact) mass is 119 g/mol. The molecule has 42 valence electrons. The summed E-state index contributed by atoms with van der Waals surface area (Å²) in [4.78, 5) is 9.63. The van der Waals surface area contributed by atoms with Gasteiger partial charge in [-0.2, -0.15) is 0 Å². The van der Waals surface area contributed by atoms with Gasteiger partial charge in [0.25, 0.3) is 0 Å². The van der Waals surface area contributed by atoms with Crippen molar-refractivity contribution in [2.75, 3.05) is 0 Å². The van der Waals surface area contributed by atoms with Crippen molar-refractivity contribution in [3.63, 3.8) is 0 Å². The molecule has 0 aromatic heterocycles. The zero-order chi connectivity index (χ0) is 5.70. The third kappa shape index (κ3) is 3.64. The van der Waals surface area contributed by atoms with Gasteiger partial charge in [-0.05, 0) is 0 Å². The van der Waals surface area contributed by atoms with Gasteiger partial charge in [0.2, 0.25) is 0 Å². The molecular formula is C3H9NO2Si. The van der Waals surface area contributed by atoms with E-state index in [-0.39, 0.29) is 6.23 Å². The molecule has 0 heterocycles. The lowest BCUT2D eigenvalue weighted by atomic mass is 10.4. The Kier molecular flexibility index (Phi) is 3.87. The van der Waals surface area contributed by atoms with Crippen LogP contribution in [0.2, 0.25) is 0 Å². The molecule has 0 saturated carbocycles. The molecule has 0 aliphatic rings. The summed E-state index contributed by atoms with van der Waals surface area (Å²) in [6, 6.07) is 0. The molecule has 0 aliphatic heterocycles. The second kappa shape index (κ2) is 3.98. The number of hydrogen-bond acceptors (Lipinski definition) is 3. The van der Waals surface area contributed by atoms with E-state index in [9.17, 15) is 4.79 Å². The fourth-order valence-corrected chi connectivity index (χ4v) is 0.384. The molecule has 0 aromatic rings. The normalized spacial score (nSPS) is 13.9. The van der Waals surface area contributed by atoms with Gasteiger partial charge in [-0.15, -0.1) is 0 Å². The minimum Gasteiger partial charge on any atom is -0.413 e. The first-order valence-corrected chi connectivity index (χ1v) is 2.85. The Morgan fingerprint density at radius 3 is 2.71 bits per heavy atom. The van der Waals surface area contributed by atoms with Crippen LogP contribution in [0.25, 0.3) is 0 Å². The van der Waals surface area contributed by atoms with Crippen molar-refractivity contribution in [2.45, 2.75) is 12.6 Å². The summed E-state index contributed by atoms with van der Waals surface area (Å²) in [5, 5.41) is 0. The summed E-state index contributed by atoms with van der Waals surface area (Å²) < 4.78 is 4.68. The third-order valence-electron chi connectivity index (χ3n) is 0.631. The van der Waals surface area contributed by atoms with Crippen molar-refractivity contribution in [2.24, 2.45) is 5.73 Å². The van der Waals surface area contributed by atoms with Gasteiger partial charge >= 0.3 is 0 Å². The Labute approximate surface area is 45.4 Å². The molecule has 1 atom stereocenters. The maximum Gasteiger partial charge on any atom is 0.148 e. The number of carbonyl (C=O) groups is 1. The lowest BCUT2D eigenvalue weighted by molar-refractivity contribution is -0.109. The van der Waals surface area contributed by atoms with Gasteiger partial charge < -0.3 is 15.0 Å². The highest BCUT2D eigenvalue weighted by Crippen LogP contribution is 1.79. The predicted octanol–water partition coefficient (Wildman–Crippen LogP) is -1.84. The standard InChI is InChI=1S/C3H9NO2Si/c4-3(6-7)1-2-5/h2-3H,1,4H2,7H3. The number of nitrogens with two attached hydrogens (primary N) is 1. The molecule has 7 heavy (non-hydrogen) atoms. The minimum absolute atomic E-state index is 0.309.